The Hall–Kier alpha value is -2.18. The second kappa shape index (κ2) is 8.47. The first-order chi connectivity index (χ1) is 12.5. The highest BCUT2D eigenvalue weighted by atomic mass is 32.1. The second-order valence-electron chi connectivity index (χ2n) is 6.56. The third-order valence-corrected chi connectivity index (χ3v) is 5.43. The Kier molecular flexibility index (Phi) is 6.06. The summed E-state index contributed by atoms with van der Waals surface area (Å²) >= 11 is 1.77. The van der Waals surface area contributed by atoms with Crippen LogP contribution in [0.5, 0.6) is 5.75 Å². The first-order valence-corrected chi connectivity index (χ1v) is 9.66. The predicted octanol–water partition coefficient (Wildman–Crippen LogP) is 4.23. The summed E-state index contributed by atoms with van der Waals surface area (Å²) in [5.41, 5.74) is 2.46. The number of hydrogen-bond acceptors (Lipinski definition) is 5. The van der Waals surface area contributed by atoms with Crippen LogP contribution >= 0.6 is 11.3 Å². The van der Waals surface area contributed by atoms with Crippen molar-refractivity contribution in [3.8, 4) is 5.75 Å². The van der Waals surface area contributed by atoms with Crippen molar-refractivity contribution < 1.29 is 4.74 Å². The molecule has 1 atom stereocenters. The van der Waals surface area contributed by atoms with E-state index in [4.69, 9.17) is 9.72 Å². The van der Waals surface area contributed by atoms with Crippen LogP contribution in [0.15, 0.2) is 43.0 Å². The highest BCUT2D eigenvalue weighted by molar-refractivity contribution is 7.11. The molecule has 0 unspecified atom stereocenters. The molecule has 26 heavy (non-hydrogen) atoms. The summed E-state index contributed by atoms with van der Waals surface area (Å²) in [6, 6.07) is 8.65. The Morgan fingerprint density at radius 1 is 1.23 bits per heavy atom. The van der Waals surface area contributed by atoms with Gasteiger partial charge in [-0.2, -0.15) is 0 Å². The molecule has 0 bridgehead atoms. The zero-order chi connectivity index (χ0) is 18.5. The SMILES string of the molecule is Cc1nc([C@@H](C)N(C)Cc2ccc(OCCn3ccnc3)cc2)c(C)s1. The van der Waals surface area contributed by atoms with Gasteiger partial charge in [-0.25, -0.2) is 9.97 Å². The first kappa shape index (κ1) is 18.6. The molecule has 2 heterocycles. The zero-order valence-electron chi connectivity index (χ0n) is 15.8. The molecule has 3 aromatic rings. The molecule has 0 aliphatic rings. The molecule has 0 saturated carbocycles. The minimum atomic E-state index is 0.297. The van der Waals surface area contributed by atoms with Crippen LogP contribution in [0.25, 0.3) is 0 Å². The minimum Gasteiger partial charge on any atom is -0.492 e. The maximum Gasteiger partial charge on any atom is 0.119 e. The molecule has 0 fully saturated rings. The Morgan fingerprint density at radius 3 is 2.62 bits per heavy atom. The van der Waals surface area contributed by atoms with Gasteiger partial charge in [-0.3, -0.25) is 4.90 Å². The summed E-state index contributed by atoms with van der Waals surface area (Å²) in [7, 11) is 2.15. The van der Waals surface area contributed by atoms with Crippen molar-refractivity contribution >= 4 is 11.3 Å². The number of aromatic nitrogens is 3. The van der Waals surface area contributed by atoms with Gasteiger partial charge in [0, 0.05) is 23.8 Å². The van der Waals surface area contributed by atoms with Gasteiger partial charge in [0.1, 0.15) is 12.4 Å². The van der Waals surface area contributed by atoms with Gasteiger partial charge < -0.3 is 9.30 Å². The van der Waals surface area contributed by atoms with Crippen LogP contribution in [0.1, 0.15) is 34.1 Å². The number of rotatable bonds is 8. The number of ether oxygens (including phenoxy) is 1. The van der Waals surface area contributed by atoms with Crippen LogP contribution in [0.3, 0.4) is 0 Å². The first-order valence-electron chi connectivity index (χ1n) is 8.84. The van der Waals surface area contributed by atoms with E-state index in [1.54, 1.807) is 23.9 Å². The lowest BCUT2D eigenvalue weighted by Crippen LogP contribution is -2.22. The Balaban J connectivity index is 1.52. The van der Waals surface area contributed by atoms with Crippen molar-refractivity contribution in [3.05, 3.63) is 64.1 Å². The van der Waals surface area contributed by atoms with Gasteiger partial charge in [0.15, 0.2) is 0 Å². The number of thiazole rings is 1. The highest BCUT2D eigenvalue weighted by Gasteiger charge is 2.17. The fourth-order valence-corrected chi connectivity index (χ4v) is 3.85. The Labute approximate surface area is 159 Å². The molecule has 1 aromatic carbocycles. The molecule has 0 amide bonds. The van der Waals surface area contributed by atoms with Crippen LogP contribution in [0.4, 0.5) is 0 Å². The average Bonchev–Trinajstić information content (AvgIpc) is 3.25. The fraction of sp³-hybridized carbons (Fsp3) is 0.400. The van der Waals surface area contributed by atoms with E-state index in [9.17, 15) is 0 Å². The summed E-state index contributed by atoms with van der Waals surface area (Å²) in [5.74, 6) is 0.899. The van der Waals surface area contributed by atoms with Gasteiger partial charge in [0.2, 0.25) is 0 Å². The summed E-state index contributed by atoms with van der Waals surface area (Å²) in [5, 5.41) is 1.13. The number of aryl methyl sites for hydroxylation is 2. The van der Waals surface area contributed by atoms with Crippen molar-refractivity contribution in [2.45, 2.75) is 39.9 Å². The smallest absolute Gasteiger partial charge is 0.119 e. The van der Waals surface area contributed by atoms with Crippen molar-refractivity contribution in [2.75, 3.05) is 13.7 Å². The lowest BCUT2D eigenvalue weighted by atomic mass is 10.1. The standard InChI is InChI=1S/C20H26N4OS/c1-15(20-16(2)26-17(3)22-20)23(4)13-18-5-7-19(8-6-18)25-12-11-24-10-9-21-14-24/h5-10,14-15H,11-13H2,1-4H3/t15-/m1/s1. The Bertz CT molecular complexity index is 811. The van der Waals surface area contributed by atoms with E-state index in [2.05, 4.69) is 49.8 Å². The molecule has 0 saturated heterocycles. The number of imidazole rings is 1. The second-order valence-corrected chi connectivity index (χ2v) is 7.97. The predicted molar refractivity (Wildman–Crippen MR) is 106 cm³/mol. The summed E-state index contributed by atoms with van der Waals surface area (Å²) < 4.78 is 7.81. The molecule has 0 spiro atoms. The fourth-order valence-electron chi connectivity index (χ4n) is 2.95. The molecule has 138 valence electrons. The normalized spacial score (nSPS) is 12.5. The molecule has 3 rings (SSSR count). The van der Waals surface area contributed by atoms with E-state index in [-0.39, 0.29) is 0 Å². The molecular weight excluding hydrogens is 344 g/mol. The molecule has 0 N–H and O–H groups in total. The summed E-state index contributed by atoms with van der Waals surface area (Å²) in [6.07, 6.45) is 5.52. The summed E-state index contributed by atoms with van der Waals surface area (Å²) in [4.78, 5) is 12.4. The van der Waals surface area contributed by atoms with Gasteiger partial charge in [-0.15, -0.1) is 11.3 Å². The van der Waals surface area contributed by atoms with Crippen LogP contribution in [0.2, 0.25) is 0 Å². The van der Waals surface area contributed by atoms with Gasteiger partial charge in [-0.1, -0.05) is 12.1 Å². The average molecular weight is 371 g/mol. The maximum absolute atomic E-state index is 5.80. The van der Waals surface area contributed by atoms with E-state index in [1.165, 1.54) is 16.1 Å². The third kappa shape index (κ3) is 4.71. The quantitative estimate of drug-likeness (QED) is 0.595. The van der Waals surface area contributed by atoms with E-state index in [0.717, 1.165) is 23.8 Å². The van der Waals surface area contributed by atoms with E-state index < -0.39 is 0 Å². The summed E-state index contributed by atoms with van der Waals surface area (Å²) in [6.45, 7) is 8.75. The molecule has 0 aliphatic heterocycles. The molecule has 0 aliphatic carbocycles. The highest BCUT2D eigenvalue weighted by Crippen LogP contribution is 2.27. The number of nitrogens with zero attached hydrogens (tertiary/aromatic N) is 4. The molecule has 0 radical (unpaired) electrons. The number of hydrogen-bond donors (Lipinski definition) is 0. The molecular formula is C20H26N4OS. The van der Waals surface area contributed by atoms with Crippen molar-refractivity contribution in [3.63, 3.8) is 0 Å². The van der Waals surface area contributed by atoms with Gasteiger partial charge in [0.05, 0.1) is 29.6 Å². The number of benzene rings is 1. The minimum absolute atomic E-state index is 0.297. The van der Waals surface area contributed by atoms with Gasteiger partial charge >= 0.3 is 0 Å². The topological polar surface area (TPSA) is 43.2 Å². The lowest BCUT2D eigenvalue weighted by Gasteiger charge is -2.24. The van der Waals surface area contributed by atoms with Crippen molar-refractivity contribution in [1.29, 1.82) is 0 Å². The van der Waals surface area contributed by atoms with E-state index in [1.807, 2.05) is 22.9 Å². The zero-order valence-corrected chi connectivity index (χ0v) is 16.7. The molecule has 5 nitrogen and oxygen atoms in total. The largest absolute Gasteiger partial charge is 0.492 e. The van der Waals surface area contributed by atoms with Crippen LogP contribution in [-0.2, 0) is 13.1 Å². The van der Waals surface area contributed by atoms with E-state index in [0.29, 0.717) is 12.6 Å². The van der Waals surface area contributed by atoms with Crippen LogP contribution < -0.4 is 4.74 Å². The Morgan fingerprint density at radius 2 is 2.00 bits per heavy atom. The molecule has 6 heteroatoms. The monoisotopic (exact) mass is 370 g/mol. The third-order valence-electron chi connectivity index (χ3n) is 4.53. The van der Waals surface area contributed by atoms with Crippen LogP contribution in [0, 0.1) is 13.8 Å². The van der Waals surface area contributed by atoms with E-state index >= 15 is 0 Å². The molecule has 2 aromatic heterocycles. The lowest BCUT2D eigenvalue weighted by molar-refractivity contribution is 0.248. The maximum atomic E-state index is 5.80. The van der Waals surface area contributed by atoms with Crippen LogP contribution in [-0.4, -0.2) is 33.1 Å². The van der Waals surface area contributed by atoms with Gasteiger partial charge in [0.25, 0.3) is 0 Å². The van der Waals surface area contributed by atoms with Crippen molar-refractivity contribution in [1.82, 2.24) is 19.4 Å². The van der Waals surface area contributed by atoms with Crippen molar-refractivity contribution in [2.24, 2.45) is 0 Å². The van der Waals surface area contributed by atoms with Gasteiger partial charge in [-0.05, 0) is 45.5 Å².